The summed E-state index contributed by atoms with van der Waals surface area (Å²) in [5.41, 5.74) is 5.61. The van der Waals surface area contributed by atoms with Gasteiger partial charge in [0, 0.05) is 57.8 Å². The van der Waals surface area contributed by atoms with Crippen LogP contribution in [0.15, 0.2) is 131 Å². The quantitative estimate of drug-likeness (QED) is 0.153. The van der Waals surface area contributed by atoms with E-state index in [1.54, 1.807) is 14.2 Å². The average molecular weight is 765 g/mol. The van der Waals surface area contributed by atoms with Gasteiger partial charge in [-0.25, -0.2) is 9.98 Å². The number of hydrogen-bond donors (Lipinski definition) is 0. The van der Waals surface area contributed by atoms with Gasteiger partial charge in [0.1, 0.15) is 11.4 Å². The van der Waals surface area contributed by atoms with Crippen LogP contribution >= 0.6 is 0 Å². The van der Waals surface area contributed by atoms with Crippen molar-refractivity contribution in [3.05, 3.63) is 132 Å². The molecule has 11 rings (SSSR count). The fraction of sp³-hybridized carbons (Fsp3) is 0.125. The second-order valence-corrected chi connectivity index (χ2v) is 14.1. The maximum atomic E-state index is 6.99. The van der Waals surface area contributed by atoms with Crippen molar-refractivity contribution in [3.63, 3.8) is 0 Å². The highest BCUT2D eigenvalue weighted by Gasteiger charge is 2.33. The van der Waals surface area contributed by atoms with E-state index in [9.17, 15) is 0 Å². The minimum absolute atomic E-state index is 0.300. The molecule has 0 saturated heterocycles. The Kier molecular flexibility index (Phi) is 7.62. The molecule has 10 heteroatoms. The molecule has 9 aromatic rings. The molecule has 2 aromatic heterocycles. The Bertz CT molecular complexity index is 3090. The van der Waals surface area contributed by atoms with Crippen LogP contribution in [0.3, 0.4) is 0 Å². The third kappa shape index (κ3) is 4.97. The molecule has 0 aliphatic carbocycles. The summed E-state index contributed by atoms with van der Waals surface area (Å²) in [5.74, 6) is 4.37. The topological polar surface area (TPSA) is 90.0 Å². The second kappa shape index (κ2) is 13.1. The Labute approximate surface area is 332 Å². The zero-order valence-corrected chi connectivity index (χ0v) is 32.2. The summed E-state index contributed by atoms with van der Waals surface area (Å²) >= 11 is 0. The minimum Gasteiger partial charge on any atom is -0.493 e. The molecule has 0 radical (unpaired) electrons. The molecular formula is C48H36N4O6. The first-order valence-electron chi connectivity index (χ1n) is 19.3. The molecule has 0 amide bonds. The molecular weight excluding hydrogens is 729 g/mol. The number of nitrogens with zero attached hydrogens (tertiary/aromatic N) is 4. The molecule has 0 N–H and O–H groups in total. The van der Waals surface area contributed by atoms with Crippen molar-refractivity contribution in [3.8, 4) is 57.5 Å². The SMILES string of the molecule is CCn1c2ccccc2c2cc3c(cc21)Oc1c(Oc2ccccc2OC)c2c(c(Oc4ccccc4OC)c1=N3)Oc1cc3c(cc1N=2)c1ccccc1n3CC. The molecule has 7 aromatic carbocycles. The summed E-state index contributed by atoms with van der Waals surface area (Å²) in [6.07, 6.45) is 0. The van der Waals surface area contributed by atoms with E-state index in [1.807, 2.05) is 48.5 Å². The first-order valence-corrected chi connectivity index (χ1v) is 19.3. The number of benzene rings is 7. The van der Waals surface area contributed by atoms with E-state index < -0.39 is 0 Å². The van der Waals surface area contributed by atoms with Crippen LogP contribution in [-0.2, 0) is 13.1 Å². The van der Waals surface area contributed by atoms with Crippen LogP contribution in [0, 0.1) is 0 Å². The van der Waals surface area contributed by atoms with Gasteiger partial charge in [-0.2, -0.15) is 0 Å². The molecule has 0 bridgehead atoms. The van der Waals surface area contributed by atoms with Gasteiger partial charge >= 0.3 is 0 Å². The number of fused-ring (bicyclic) bond motifs is 10. The van der Waals surface area contributed by atoms with Crippen LogP contribution in [0.4, 0.5) is 11.4 Å². The summed E-state index contributed by atoms with van der Waals surface area (Å²) < 4.78 is 43.8. The van der Waals surface area contributed by atoms with Crippen LogP contribution in [0.2, 0.25) is 0 Å². The minimum atomic E-state index is 0.300. The van der Waals surface area contributed by atoms with Gasteiger partial charge in [0.15, 0.2) is 45.2 Å². The molecule has 0 unspecified atom stereocenters. The molecule has 0 fully saturated rings. The van der Waals surface area contributed by atoms with Gasteiger partial charge in [-0.3, -0.25) is 0 Å². The second-order valence-electron chi connectivity index (χ2n) is 14.1. The number of ether oxygens (including phenoxy) is 6. The summed E-state index contributed by atoms with van der Waals surface area (Å²) in [4.78, 5) is 10.7. The summed E-state index contributed by atoms with van der Waals surface area (Å²) in [7, 11) is 3.22. The Hall–Kier alpha value is -7.46. The highest BCUT2D eigenvalue weighted by atomic mass is 16.6. The average Bonchev–Trinajstić information content (AvgIpc) is 3.75. The van der Waals surface area contributed by atoms with Crippen molar-refractivity contribution in [2.45, 2.75) is 26.9 Å². The summed E-state index contributed by atoms with van der Waals surface area (Å²) in [6, 6.07) is 40.0. The predicted octanol–water partition coefficient (Wildman–Crippen LogP) is 11.7. The van der Waals surface area contributed by atoms with Gasteiger partial charge in [0.2, 0.25) is 23.0 Å². The number of methoxy groups -OCH3 is 2. The van der Waals surface area contributed by atoms with Crippen LogP contribution in [0.25, 0.3) is 43.6 Å². The number of aromatic nitrogens is 2. The largest absolute Gasteiger partial charge is 0.493 e. The number of aryl methyl sites for hydroxylation is 2. The Morgan fingerprint density at radius 1 is 0.466 bits per heavy atom. The molecule has 2 aliphatic heterocycles. The molecule has 58 heavy (non-hydrogen) atoms. The number of hydrogen-bond acceptors (Lipinski definition) is 8. The van der Waals surface area contributed by atoms with E-state index in [-0.39, 0.29) is 0 Å². The van der Waals surface area contributed by atoms with Gasteiger partial charge in [-0.1, -0.05) is 60.7 Å². The maximum Gasteiger partial charge on any atom is 0.202 e. The van der Waals surface area contributed by atoms with Crippen molar-refractivity contribution in [1.82, 2.24) is 9.13 Å². The van der Waals surface area contributed by atoms with Crippen LogP contribution < -0.4 is 39.1 Å². The molecule has 4 heterocycles. The standard InChI is InChI=1S/C48H36N4O6/c1-5-51-33-17-9-7-15-27(33)29-23-31-41(25-35(29)51)57-47-43(49-31)46(56-40-22-14-12-20-38(40)54-4)48-44(45(47)55-39-21-13-11-19-37(39)53-3)50-32-24-30-28-16-8-10-18-34(28)52(6-2)36(30)26-42(32)58-48/h7-26H,5-6H2,1-4H3. The van der Waals surface area contributed by atoms with Crippen molar-refractivity contribution >= 4 is 55.0 Å². The molecule has 10 nitrogen and oxygen atoms in total. The van der Waals surface area contributed by atoms with E-state index in [0.29, 0.717) is 79.6 Å². The third-order valence-electron chi connectivity index (χ3n) is 11.1. The third-order valence-corrected chi connectivity index (χ3v) is 11.1. The zero-order chi connectivity index (χ0) is 39.1. The van der Waals surface area contributed by atoms with Gasteiger partial charge in [0.25, 0.3) is 0 Å². The first kappa shape index (κ1) is 33.8. The molecule has 0 saturated carbocycles. The van der Waals surface area contributed by atoms with Crippen molar-refractivity contribution in [1.29, 1.82) is 0 Å². The number of rotatable bonds is 8. The van der Waals surface area contributed by atoms with E-state index >= 15 is 0 Å². The highest BCUT2D eigenvalue weighted by Crippen LogP contribution is 2.50. The van der Waals surface area contributed by atoms with Gasteiger partial charge in [0.05, 0.1) is 25.3 Å². The van der Waals surface area contributed by atoms with Crippen LogP contribution in [0.1, 0.15) is 13.8 Å². The molecule has 0 spiro atoms. The number of para-hydroxylation sites is 6. The van der Waals surface area contributed by atoms with Gasteiger partial charge in [-0.05, 0) is 62.4 Å². The first-order chi connectivity index (χ1) is 28.6. The zero-order valence-electron chi connectivity index (χ0n) is 32.2. The Morgan fingerprint density at radius 3 is 1.28 bits per heavy atom. The summed E-state index contributed by atoms with van der Waals surface area (Å²) in [5, 5.41) is 5.16. The fourth-order valence-electron chi connectivity index (χ4n) is 8.45. The lowest BCUT2D eigenvalue weighted by atomic mass is 10.1. The Morgan fingerprint density at radius 2 is 0.862 bits per heavy atom. The van der Waals surface area contributed by atoms with Crippen molar-refractivity contribution in [2.75, 3.05) is 14.2 Å². The smallest absolute Gasteiger partial charge is 0.202 e. The van der Waals surface area contributed by atoms with Crippen LogP contribution in [0.5, 0.6) is 57.5 Å². The molecule has 284 valence electrons. The molecule has 0 atom stereocenters. The maximum absolute atomic E-state index is 6.99. The van der Waals surface area contributed by atoms with Gasteiger partial charge < -0.3 is 37.6 Å². The Balaban J connectivity index is 1.24. The lowest BCUT2D eigenvalue weighted by Gasteiger charge is -2.25. The van der Waals surface area contributed by atoms with E-state index in [2.05, 4.69) is 95.8 Å². The summed E-state index contributed by atoms with van der Waals surface area (Å²) in [6.45, 7) is 5.85. The lowest BCUT2D eigenvalue weighted by molar-refractivity contribution is 0.345. The highest BCUT2D eigenvalue weighted by molar-refractivity contribution is 6.11. The van der Waals surface area contributed by atoms with Gasteiger partial charge in [-0.15, -0.1) is 0 Å². The predicted molar refractivity (Wildman–Crippen MR) is 225 cm³/mol. The van der Waals surface area contributed by atoms with Crippen molar-refractivity contribution < 1.29 is 28.4 Å². The lowest BCUT2D eigenvalue weighted by Crippen LogP contribution is -2.24. The monoisotopic (exact) mass is 764 g/mol. The van der Waals surface area contributed by atoms with E-state index in [4.69, 9.17) is 38.4 Å². The van der Waals surface area contributed by atoms with Crippen molar-refractivity contribution in [2.24, 2.45) is 9.98 Å². The van der Waals surface area contributed by atoms with E-state index in [1.165, 1.54) is 0 Å². The normalized spacial score (nSPS) is 12.5. The van der Waals surface area contributed by atoms with Crippen LogP contribution in [-0.4, -0.2) is 23.4 Å². The molecule has 2 aliphatic rings. The fourth-order valence-corrected chi connectivity index (χ4v) is 8.45. The van der Waals surface area contributed by atoms with E-state index in [0.717, 1.165) is 56.7 Å².